The van der Waals surface area contributed by atoms with Crippen molar-refractivity contribution in [1.29, 1.82) is 0 Å². The van der Waals surface area contributed by atoms with Crippen molar-refractivity contribution in [1.82, 2.24) is 10.4 Å². The first kappa shape index (κ1) is 31.8. The summed E-state index contributed by atoms with van der Waals surface area (Å²) < 4.78 is 17.7. The SMILES string of the molecule is CCOc1ccc(C(=O)Oc2ccc(Br)cc2C=NNC(=O)c2[nH]c3c(ccc4ccccc43)c2-c2ccccc2Cl)cc1OCC. The molecule has 0 spiro atoms. The lowest BCUT2D eigenvalue weighted by molar-refractivity contribution is 0.0733. The second-order valence-electron chi connectivity index (χ2n) is 10.4. The predicted octanol–water partition coefficient (Wildman–Crippen LogP) is 9.18. The molecule has 1 heterocycles. The van der Waals surface area contributed by atoms with Gasteiger partial charge in [0, 0.05) is 37.0 Å². The van der Waals surface area contributed by atoms with Crippen molar-refractivity contribution in [3.63, 3.8) is 0 Å². The van der Waals surface area contributed by atoms with Crippen LogP contribution in [0.15, 0.2) is 107 Å². The number of hydrogen-bond acceptors (Lipinski definition) is 6. The molecule has 1 amide bonds. The van der Waals surface area contributed by atoms with Crippen molar-refractivity contribution < 1.29 is 23.8 Å². The second-order valence-corrected chi connectivity index (χ2v) is 11.7. The maximum atomic E-state index is 13.7. The van der Waals surface area contributed by atoms with Gasteiger partial charge in [-0.15, -0.1) is 0 Å². The number of esters is 1. The molecule has 0 saturated heterocycles. The number of carbonyl (C=O) groups excluding carboxylic acids is 2. The quantitative estimate of drug-likeness (QED) is 0.0639. The lowest BCUT2D eigenvalue weighted by Crippen LogP contribution is -2.19. The van der Waals surface area contributed by atoms with E-state index in [9.17, 15) is 9.59 Å². The van der Waals surface area contributed by atoms with E-state index in [1.54, 1.807) is 42.5 Å². The van der Waals surface area contributed by atoms with Crippen molar-refractivity contribution in [3.05, 3.63) is 123 Å². The number of benzene rings is 5. The number of nitrogens with one attached hydrogen (secondary N) is 2. The first-order chi connectivity index (χ1) is 22.9. The van der Waals surface area contributed by atoms with Crippen LogP contribution >= 0.6 is 27.5 Å². The summed E-state index contributed by atoms with van der Waals surface area (Å²) in [5, 5.41) is 7.61. The highest BCUT2D eigenvalue weighted by Crippen LogP contribution is 2.39. The fourth-order valence-corrected chi connectivity index (χ4v) is 5.93. The molecule has 0 bridgehead atoms. The summed E-state index contributed by atoms with van der Waals surface area (Å²) in [6, 6.07) is 29.3. The third-order valence-electron chi connectivity index (χ3n) is 7.39. The number of fused-ring (bicyclic) bond motifs is 3. The molecule has 0 unspecified atom stereocenters. The average molecular weight is 711 g/mol. The molecule has 0 atom stereocenters. The topological polar surface area (TPSA) is 102 Å². The van der Waals surface area contributed by atoms with E-state index in [1.807, 2.05) is 68.4 Å². The summed E-state index contributed by atoms with van der Waals surface area (Å²) in [4.78, 5) is 30.2. The average Bonchev–Trinajstić information content (AvgIpc) is 3.47. The molecule has 1 aromatic heterocycles. The van der Waals surface area contributed by atoms with Crippen molar-refractivity contribution in [2.24, 2.45) is 5.10 Å². The van der Waals surface area contributed by atoms with Gasteiger partial charge in [-0.2, -0.15) is 5.10 Å². The zero-order chi connectivity index (χ0) is 32.9. The molecule has 6 aromatic rings. The smallest absolute Gasteiger partial charge is 0.343 e. The van der Waals surface area contributed by atoms with E-state index < -0.39 is 11.9 Å². The van der Waals surface area contributed by atoms with Gasteiger partial charge in [-0.05, 0) is 61.7 Å². The molecule has 47 heavy (non-hydrogen) atoms. The molecule has 10 heteroatoms. The lowest BCUT2D eigenvalue weighted by atomic mass is 9.99. The van der Waals surface area contributed by atoms with Crippen molar-refractivity contribution in [3.8, 4) is 28.4 Å². The zero-order valence-electron chi connectivity index (χ0n) is 25.5. The third kappa shape index (κ3) is 6.72. The number of aromatic nitrogens is 1. The highest BCUT2D eigenvalue weighted by molar-refractivity contribution is 9.10. The van der Waals surface area contributed by atoms with E-state index in [4.69, 9.17) is 25.8 Å². The van der Waals surface area contributed by atoms with Gasteiger partial charge in [-0.3, -0.25) is 4.79 Å². The Labute approximate surface area is 284 Å². The summed E-state index contributed by atoms with van der Waals surface area (Å²) in [6.45, 7) is 4.59. The summed E-state index contributed by atoms with van der Waals surface area (Å²) in [6.07, 6.45) is 1.42. The lowest BCUT2D eigenvalue weighted by Gasteiger charge is -2.13. The van der Waals surface area contributed by atoms with Gasteiger partial charge in [-0.1, -0.05) is 82.1 Å². The molecule has 6 rings (SSSR count). The zero-order valence-corrected chi connectivity index (χ0v) is 27.8. The Kier molecular flexibility index (Phi) is 9.56. The fourth-order valence-electron chi connectivity index (χ4n) is 5.32. The van der Waals surface area contributed by atoms with Crippen LogP contribution in [-0.2, 0) is 0 Å². The number of carbonyl (C=O) groups is 2. The Hall–Kier alpha value is -5.12. The molecular formula is C37H29BrClN3O5. The minimum absolute atomic E-state index is 0.247. The maximum absolute atomic E-state index is 13.7. The summed E-state index contributed by atoms with van der Waals surface area (Å²) in [7, 11) is 0. The predicted molar refractivity (Wildman–Crippen MR) is 189 cm³/mol. The Morgan fingerprint density at radius 3 is 2.40 bits per heavy atom. The van der Waals surface area contributed by atoms with Crippen molar-refractivity contribution in [2.45, 2.75) is 13.8 Å². The van der Waals surface area contributed by atoms with Crippen LogP contribution in [0.5, 0.6) is 17.2 Å². The van der Waals surface area contributed by atoms with Crippen LogP contribution in [0.3, 0.4) is 0 Å². The number of rotatable bonds is 10. The first-order valence-electron chi connectivity index (χ1n) is 14.9. The van der Waals surface area contributed by atoms with Crippen LogP contribution in [0, 0.1) is 0 Å². The number of H-pyrrole nitrogens is 1. The molecule has 0 aliphatic carbocycles. The Morgan fingerprint density at radius 1 is 0.851 bits per heavy atom. The number of hydrogen-bond donors (Lipinski definition) is 2. The van der Waals surface area contributed by atoms with Crippen LogP contribution < -0.4 is 19.6 Å². The van der Waals surface area contributed by atoms with Gasteiger partial charge in [0.1, 0.15) is 11.4 Å². The van der Waals surface area contributed by atoms with Crippen LogP contribution in [0.2, 0.25) is 5.02 Å². The van der Waals surface area contributed by atoms with Crippen LogP contribution in [0.4, 0.5) is 0 Å². The van der Waals surface area contributed by atoms with E-state index in [0.29, 0.717) is 52.1 Å². The van der Waals surface area contributed by atoms with Gasteiger partial charge in [0.25, 0.3) is 5.91 Å². The second kappa shape index (κ2) is 14.1. The molecule has 0 fully saturated rings. The monoisotopic (exact) mass is 709 g/mol. The molecule has 0 saturated carbocycles. The summed E-state index contributed by atoms with van der Waals surface area (Å²) in [5.74, 6) is 0.175. The molecule has 0 aliphatic heterocycles. The van der Waals surface area contributed by atoms with Crippen LogP contribution in [0.25, 0.3) is 32.8 Å². The van der Waals surface area contributed by atoms with E-state index in [1.165, 1.54) is 6.21 Å². The van der Waals surface area contributed by atoms with E-state index >= 15 is 0 Å². The number of hydrazone groups is 1. The molecule has 0 radical (unpaired) electrons. The van der Waals surface area contributed by atoms with Crippen LogP contribution in [-0.4, -0.2) is 36.3 Å². The summed E-state index contributed by atoms with van der Waals surface area (Å²) >= 11 is 10.1. The van der Waals surface area contributed by atoms with E-state index in [2.05, 4.69) is 31.4 Å². The minimum Gasteiger partial charge on any atom is -0.490 e. The van der Waals surface area contributed by atoms with Gasteiger partial charge in [0.05, 0.1) is 30.5 Å². The number of amides is 1. The van der Waals surface area contributed by atoms with Crippen molar-refractivity contribution in [2.75, 3.05) is 13.2 Å². The molecule has 8 nitrogen and oxygen atoms in total. The molecule has 5 aromatic carbocycles. The van der Waals surface area contributed by atoms with Crippen molar-refractivity contribution >= 4 is 67.3 Å². The fraction of sp³-hybridized carbons (Fsp3) is 0.108. The standard InChI is InChI=1S/C37H29BrClN3O5/c1-3-45-31-17-14-23(20-32(31)46-4-2)37(44)47-30-18-15-25(38)19-24(30)21-40-42-36(43)35-33(27-11-7-8-12-29(27)39)28-16-13-22-9-5-6-10-26(22)34(28)41-35/h5-21,41H,3-4H2,1-2H3,(H,42,43). The van der Waals surface area contributed by atoms with Gasteiger partial charge in [-0.25, -0.2) is 10.2 Å². The molecular weight excluding hydrogens is 682 g/mol. The van der Waals surface area contributed by atoms with Gasteiger partial charge < -0.3 is 19.2 Å². The number of halogens is 2. The number of aromatic amines is 1. The van der Waals surface area contributed by atoms with Gasteiger partial charge in [0.15, 0.2) is 11.5 Å². The minimum atomic E-state index is -0.593. The largest absolute Gasteiger partial charge is 0.490 e. The molecule has 2 N–H and O–H groups in total. The number of nitrogens with zero attached hydrogens (tertiary/aromatic N) is 1. The maximum Gasteiger partial charge on any atom is 0.343 e. The van der Waals surface area contributed by atoms with E-state index in [0.717, 1.165) is 26.1 Å². The van der Waals surface area contributed by atoms with Gasteiger partial charge in [0.2, 0.25) is 0 Å². The van der Waals surface area contributed by atoms with Crippen LogP contribution in [0.1, 0.15) is 40.3 Å². The highest BCUT2D eigenvalue weighted by atomic mass is 79.9. The Balaban J connectivity index is 1.29. The van der Waals surface area contributed by atoms with E-state index in [-0.39, 0.29) is 11.3 Å². The Bertz CT molecular complexity index is 2160. The third-order valence-corrected chi connectivity index (χ3v) is 8.21. The molecule has 0 aliphatic rings. The summed E-state index contributed by atoms with van der Waals surface area (Å²) in [5.41, 5.74) is 5.88. The number of ether oxygens (including phenoxy) is 3. The van der Waals surface area contributed by atoms with Gasteiger partial charge >= 0.3 is 5.97 Å². The molecule has 236 valence electrons. The Morgan fingerprint density at radius 2 is 1.60 bits per heavy atom. The first-order valence-corrected chi connectivity index (χ1v) is 16.1. The highest BCUT2D eigenvalue weighted by Gasteiger charge is 2.22. The normalized spacial score (nSPS) is 11.2.